The van der Waals surface area contributed by atoms with E-state index < -0.39 is 33.5 Å². The summed E-state index contributed by atoms with van der Waals surface area (Å²) in [7, 11) is -3.93. The van der Waals surface area contributed by atoms with Gasteiger partial charge in [0.25, 0.3) is 5.56 Å². The number of halogens is 1. The Bertz CT molecular complexity index is 1440. The van der Waals surface area contributed by atoms with Gasteiger partial charge in [0.2, 0.25) is 15.9 Å². The Balaban J connectivity index is 1.71. The van der Waals surface area contributed by atoms with Crippen LogP contribution in [0.15, 0.2) is 64.4 Å². The lowest BCUT2D eigenvalue weighted by atomic mass is 10.1. The average Bonchev–Trinajstić information content (AvgIpc) is 2.80. The second-order valence-electron chi connectivity index (χ2n) is 7.76. The molecule has 10 nitrogen and oxygen atoms in total. The quantitative estimate of drug-likeness (QED) is 0.394. The van der Waals surface area contributed by atoms with E-state index in [2.05, 4.69) is 15.1 Å². The van der Waals surface area contributed by atoms with Gasteiger partial charge in [0.15, 0.2) is 0 Å². The van der Waals surface area contributed by atoms with Crippen molar-refractivity contribution in [1.82, 2.24) is 14.5 Å². The molecule has 0 aliphatic carbocycles. The SMILES string of the molecule is Cc1ccc(NC(=O)[C@H](C)n2ncc(Cl)cc2=O)cc1S(=O)(=O)NCCc1cccc(C(=O)O)c1. The topological polar surface area (TPSA) is 147 Å². The third-order valence-corrected chi connectivity index (χ3v) is 6.97. The summed E-state index contributed by atoms with van der Waals surface area (Å²) < 4.78 is 29.3. The van der Waals surface area contributed by atoms with Gasteiger partial charge in [0.1, 0.15) is 6.04 Å². The van der Waals surface area contributed by atoms with E-state index in [4.69, 9.17) is 16.7 Å². The predicted molar refractivity (Wildman–Crippen MR) is 130 cm³/mol. The van der Waals surface area contributed by atoms with Crippen LogP contribution in [0, 0.1) is 6.92 Å². The Kier molecular flexibility index (Phi) is 8.05. The van der Waals surface area contributed by atoms with Crippen LogP contribution in [0.5, 0.6) is 0 Å². The molecule has 12 heteroatoms. The summed E-state index contributed by atoms with van der Waals surface area (Å²) in [6.07, 6.45) is 1.53. The molecule has 0 aliphatic heterocycles. The second kappa shape index (κ2) is 10.8. The number of carboxylic acid groups (broad SMARTS) is 1. The fourth-order valence-corrected chi connectivity index (χ4v) is 4.72. The van der Waals surface area contributed by atoms with Gasteiger partial charge in [0, 0.05) is 18.3 Å². The molecule has 0 bridgehead atoms. The number of aromatic carboxylic acids is 1. The number of carboxylic acids is 1. The fourth-order valence-electron chi connectivity index (χ4n) is 3.28. The van der Waals surface area contributed by atoms with Crippen molar-refractivity contribution in [3.8, 4) is 0 Å². The minimum absolute atomic E-state index is 0.0241. The lowest BCUT2D eigenvalue weighted by Gasteiger charge is -2.15. The summed E-state index contributed by atoms with van der Waals surface area (Å²) in [5.41, 5.74) is 0.932. The van der Waals surface area contributed by atoms with E-state index in [1.54, 1.807) is 31.2 Å². The van der Waals surface area contributed by atoms with Gasteiger partial charge in [-0.2, -0.15) is 5.10 Å². The van der Waals surface area contributed by atoms with Crippen LogP contribution in [0.4, 0.5) is 5.69 Å². The minimum Gasteiger partial charge on any atom is -0.478 e. The maximum Gasteiger partial charge on any atom is 0.335 e. The number of nitrogens with one attached hydrogen (secondary N) is 2. The fraction of sp³-hybridized carbons (Fsp3) is 0.217. The highest BCUT2D eigenvalue weighted by atomic mass is 35.5. The Labute approximate surface area is 206 Å². The molecule has 3 rings (SSSR count). The zero-order valence-electron chi connectivity index (χ0n) is 18.9. The summed E-state index contributed by atoms with van der Waals surface area (Å²) in [6, 6.07) is 10.8. The first-order valence-corrected chi connectivity index (χ1v) is 12.3. The van der Waals surface area contributed by atoms with E-state index in [-0.39, 0.29) is 34.1 Å². The highest BCUT2D eigenvalue weighted by Gasteiger charge is 2.21. The van der Waals surface area contributed by atoms with E-state index in [1.165, 1.54) is 31.3 Å². The number of rotatable bonds is 9. The first-order valence-electron chi connectivity index (χ1n) is 10.5. The van der Waals surface area contributed by atoms with E-state index in [0.29, 0.717) is 11.1 Å². The van der Waals surface area contributed by atoms with E-state index >= 15 is 0 Å². The molecule has 3 N–H and O–H groups in total. The Morgan fingerprint density at radius 2 is 1.91 bits per heavy atom. The van der Waals surface area contributed by atoms with Gasteiger partial charge in [-0.3, -0.25) is 9.59 Å². The molecule has 0 unspecified atom stereocenters. The molecule has 3 aromatic rings. The highest BCUT2D eigenvalue weighted by molar-refractivity contribution is 7.89. The van der Waals surface area contributed by atoms with Gasteiger partial charge in [-0.1, -0.05) is 29.8 Å². The van der Waals surface area contributed by atoms with Gasteiger partial charge >= 0.3 is 5.97 Å². The van der Waals surface area contributed by atoms with Crippen LogP contribution >= 0.6 is 11.6 Å². The lowest BCUT2D eigenvalue weighted by Crippen LogP contribution is -2.33. The molecule has 1 heterocycles. The first kappa shape index (κ1) is 26.1. The van der Waals surface area contributed by atoms with E-state index in [1.807, 2.05) is 0 Å². The number of carbonyl (C=O) groups excluding carboxylic acids is 1. The number of nitrogens with zero attached hydrogens (tertiary/aromatic N) is 2. The van der Waals surface area contributed by atoms with Crippen LogP contribution in [-0.4, -0.2) is 41.7 Å². The largest absolute Gasteiger partial charge is 0.478 e. The number of aromatic nitrogens is 2. The number of hydrogen-bond donors (Lipinski definition) is 3. The molecule has 1 atom stereocenters. The summed E-state index contributed by atoms with van der Waals surface area (Å²) in [6.45, 7) is 3.14. The molecule has 0 aliphatic rings. The van der Waals surface area contributed by atoms with Crippen LogP contribution in [0.3, 0.4) is 0 Å². The molecule has 1 amide bonds. The molecule has 1 aromatic heterocycles. The molecular weight excluding hydrogens is 496 g/mol. The average molecular weight is 519 g/mol. The molecule has 0 radical (unpaired) electrons. The molecule has 0 saturated carbocycles. The molecular formula is C23H23ClN4O6S. The van der Waals surface area contributed by atoms with Crippen LogP contribution in [0.2, 0.25) is 5.02 Å². The van der Waals surface area contributed by atoms with Gasteiger partial charge in [-0.25, -0.2) is 22.6 Å². The Morgan fingerprint density at radius 3 is 2.60 bits per heavy atom. The van der Waals surface area contributed by atoms with Crippen LogP contribution in [0.1, 0.15) is 34.5 Å². The van der Waals surface area contributed by atoms with Gasteiger partial charge < -0.3 is 10.4 Å². The number of carbonyl (C=O) groups is 2. The second-order valence-corrected chi connectivity index (χ2v) is 9.93. The minimum atomic E-state index is -3.93. The summed E-state index contributed by atoms with van der Waals surface area (Å²) in [5, 5.41) is 15.7. The summed E-state index contributed by atoms with van der Waals surface area (Å²) in [5.74, 6) is -1.63. The van der Waals surface area contributed by atoms with Crippen molar-refractivity contribution < 1.29 is 23.1 Å². The molecule has 0 saturated heterocycles. The van der Waals surface area contributed by atoms with Gasteiger partial charge in [0.05, 0.1) is 21.7 Å². The Hall–Kier alpha value is -3.54. The van der Waals surface area contributed by atoms with Crippen molar-refractivity contribution in [3.63, 3.8) is 0 Å². The molecule has 35 heavy (non-hydrogen) atoms. The zero-order valence-corrected chi connectivity index (χ0v) is 20.4. The number of hydrogen-bond acceptors (Lipinski definition) is 6. The third-order valence-electron chi connectivity index (χ3n) is 5.16. The normalized spacial score (nSPS) is 12.2. The smallest absolute Gasteiger partial charge is 0.335 e. The zero-order chi connectivity index (χ0) is 25.8. The van der Waals surface area contributed by atoms with E-state index in [0.717, 1.165) is 10.7 Å². The predicted octanol–water partition coefficient (Wildman–Crippen LogP) is 2.62. The van der Waals surface area contributed by atoms with Crippen molar-refractivity contribution in [3.05, 3.63) is 86.8 Å². The summed E-state index contributed by atoms with van der Waals surface area (Å²) >= 11 is 5.73. The highest BCUT2D eigenvalue weighted by Crippen LogP contribution is 2.21. The van der Waals surface area contributed by atoms with Crippen molar-refractivity contribution in [2.45, 2.75) is 31.2 Å². The van der Waals surface area contributed by atoms with Crippen LogP contribution in [-0.2, 0) is 21.2 Å². The molecule has 2 aromatic carbocycles. The van der Waals surface area contributed by atoms with Crippen molar-refractivity contribution in [2.75, 3.05) is 11.9 Å². The van der Waals surface area contributed by atoms with Crippen molar-refractivity contribution in [2.24, 2.45) is 0 Å². The molecule has 0 fully saturated rings. The number of sulfonamides is 1. The van der Waals surface area contributed by atoms with Crippen molar-refractivity contribution >= 4 is 39.2 Å². The number of amides is 1. The number of anilines is 1. The third kappa shape index (κ3) is 6.53. The lowest BCUT2D eigenvalue weighted by molar-refractivity contribution is -0.119. The van der Waals surface area contributed by atoms with Gasteiger partial charge in [-0.05, 0) is 55.7 Å². The number of benzene rings is 2. The number of aryl methyl sites for hydroxylation is 1. The van der Waals surface area contributed by atoms with Crippen molar-refractivity contribution in [1.29, 1.82) is 0 Å². The molecule has 0 spiro atoms. The maximum atomic E-state index is 12.9. The van der Waals surface area contributed by atoms with Gasteiger partial charge in [-0.15, -0.1) is 0 Å². The van der Waals surface area contributed by atoms with E-state index in [9.17, 15) is 22.8 Å². The Morgan fingerprint density at radius 1 is 1.17 bits per heavy atom. The first-order chi connectivity index (χ1) is 16.5. The summed E-state index contributed by atoms with van der Waals surface area (Å²) in [4.78, 5) is 35.8. The van der Waals surface area contributed by atoms with Crippen LogP contribution < -0.4 is 15.6 Å². The maximum absolute atomic E-state index is 12.9. The molecule has 184 valence electrons. The standard InChI is InChI=1S/C23H23ClN4O6S/c1-14-6-7-19(27-22(30)15(2)28-21(29)11-18(24)13-25-28)12-20(14)35(33,34)26-9-8-16-4-3-5-17(10-16)23(31)32/h3-7,10-13,15,26H,8-9H2,1-2H3,(H,27,30)(H,31,32)/t15-/m0/s1. The monoisotopic (exact) mass is 518 g/mol. The van der Waals surface area contributed by atoms with Crippen LogP contribution in [0.25, 0.3) is 0 Å².